The fraction of sp³-hybridized carbons (Fsp3) is 0.111. The van der Waals surface area contributed by atoms with Gasteiger partial charge in [-0.05, 0) is 24.3 Å². The van der Waals surface area contributed by atoms with Gasteiger partial charge in [-0.3, -0.25) is 4.79 Å². The van der Waals surface area contributed by atoms with Crippen LogP contribution in [0.15, 0.2) is 61.1 Å². The van der Waals surface area contributed by atoms with Crippen molar-refractivity contribution in [2.24, 2.45) is 0 Å². The van der Waals surface area contributed by atoms with Crippen LogP contribution in [0.2, 0.25) is 0 Å². The SMILES string of the molecule is CC(=O)Nc1ccc(-c2cn(Cc3cnc4ccccn34)nn2)cc1. The van der Waals surface area contributed by atoms with Gasteiger partial charge in [0.25, 0.3) is 0 Å². The Labute approximate surface area is 143 Å². The smallest absolute Gasteiger partial charge is 0.221 e. The number of carbonyl (C=O) groups is 1. The lowest BCUT2D eigenvalue weighted by Gasteiger charge is -2.02. The summed E-state index contributed by atoms with van der Waals surface area (Å²) in [5.74, 6) is -0.0910. The maximum absolute atomic E-state index is 11.1. The van der Waals surface area contributed by atoms with E-state index in [1.165, 1.54) is 6.92 Å². The minimum Gasteiger partial charge on any atom is -0.326 e. The number of nitrogens with one attached hydrogen (secondary N) is 1. The molecule has 25 heavy (non-hydrogen) atoms. The van der Waals surface area contributed by atoms with Crippen LogP contribution < -0.4 is 5.32 Å². The second kappa shape index (κ2) is 6.20. The third kappa shape index (κ3) is 3.12. The molecule has 0 saturated heterocycles. The molecule has 0 saturated carbocycles. The Balaban J connectivity index is 1.55. The van der Waals surface area contributed by atoms with Crippen molar-refractivity contribution in [2.75, 3.05) is 5.32 Å². The van der Waals surface area contributed by atoms with Gasteiger partial charge in [0.05, 0.1) is 24.6 Å². The van der Waals surface area contributed by atoms with Gasteiger partial charge >= 0.3 is 0 Å². The van der Waals surface area contributed by atoms with Gasteiger partial charge in [-0.1, -0.05) is 23.4 Å². The number of rotatable bonds is 4. The lowest BCUT2D eigenvalue weighted by molar-refractivity contribution is -0.114. The highest BCUT2D eigenvalue weighted by Gasteiger charge is 2.07. The second-order valence-corrected chi connectivity index (χ2v) is 5.74. The van der Waals surface area contributed by atoms with Crippen molar-refractivity contribution < 1.29 is 4.79 Å². The zero-order chi connectivity index (χ0) is 17.2. The van der Waals surface area contributed by atoms with Crippen LogP contribution in [0, 0.1) is 0 Å². The Morgan fingerprint density at radius 3 is 2.80 bits per heavy atom. The molecule has 0 aliphatic rings. The molecule has 0 radical (unpaired) electrons. The summed E-state index contributed by atoms with van der Waals surface area (Å²) < 4.78 is 3.82. The van der Waals surface area contributed by atoms with E-state index in [0.29, 0.717) is 6.54 Å². The molecule has 1 aromatic carbocycles. The number of amides is 1. The first-order chi connectivity index (χ1) is 12.2. The van der Waals surface area contributed by atoms with Gasteiger partial charge in [0.1, 0.15) is 11.3 Å². The standard InChI is InChI=1S/C18H16N6O/c1-13(25)20-15-7-5-14(6-8-15)17-12-23(22-21-17)11-16-10-19-18-4-2-3-9-24(16)18/h2-10,12H,11H2,1H3,(H,20,25). The average Bonchev–Trinajstić information content (AvgIpc) is 3.23. The molecular weight excluding hydrogens is 316 g/mol. The molecule has 1 amide bonds. The third-order valence-corrected chi connectivity index (χ3v) is 3.86. The molecule has 3 heterocycles. The molecule has 0 bridgehead atoms. The van der Waals surface area contributed by atoms with Crippen molar-refractivity contribution >= 4 is 17.2 Å². The predicted octanol–water partition coefficient (Wildman–Crippen LogP) is 2.60. The Kier molecular flexibility index (Phi) is 3.74. The Morgan fingerprint density at radius 2 is 2.00 bits per heavy atom. The van der Waals surface area contributed by atoms with Crippen molar-refractivity contribution in [3.63, 3.8) is 0 Å². The van der Waals surface area contributed by atoms with Crippen LogP contribution in [0.4, 0.5) is 5.69 Å². The van der Waals surface area contributed by atoms with E-state index in [4.69, 9.17) is 0 Å². The van der Waals surface area contributed by atoms with E-state index in [0.717, 1.165) is 28.3 Å². The average molecular weight is 332 g/mol. The minimum atomic E-state index is -0.0910. The van der Waals surface area contributed by atoms with E-state index in [-0.39, 0.29) is 5.91 Å². The van der Waals surface area contributed by atoms with Gasteiger partial charge in [0.15, 0.2) is 0 Å². The molecule has 0 atom stereocenters. The number of carbonyl (C=O) groups excluding carboxylic acids is 1. The van der Waals surface area contributed by atoms with E-state index in [2.05, 4.69) is 20.6 Å². The summed E-state index contributed by atoms with van der Waals surface area (Å²) in [5.41, 5.74) is 4.43. The molecule has 0 unspecified atom stereocenters. The predicted molar refractivity (Wildman–Crippen MR) is 94.1 cm³/mol. The molecule has 0 fully saturated rings. The molecular formula is C18H16N6O. The minimum absolute atomic E-state index is 0.0910. The fourth-order valence-corrected chi connectivity index (χ4v) is 2.70. The summed E-state index contributed by atoms with van der Waals surface area (Å²) in [6.45, 7) is 2.07. The number of benzene rings is 1. The first-order valence-corrected chi connectivity index (χ1v) is 7.88. The molecule has 0 aliphatic carbocycles. The maximum Gasteiger partial charge on any atom is 0.221 e. The highest BCUT2D eigenvalue weighted by molar-refractivity contribution is 5.88. The summed E-state index contributed by atoms with van der Waals surface area (Å²) in [6, 6.07) is 13.4. The van der Waals surface area contributed by atoms with E-state index in [1.807, 2.05) is 65.5 Å². The van der Waals surface area contributed by atoms with Crippen LogP contribution in [0.5, 0.6) is 0 Å². The van der Waals surface area contributed by atoms with Crippen LogP contribution in [0.25, 0.3) is 16.9 Å². The van der Waals surface area contributed by atoms with Gasteiger partial charge in [-0.2, -0.15) is 0 Å². The van der Waals surface area contributed by atoms with Crippen molar-refractivity contribution in [2.45, 2.75) is 13.5 Å². The number of fused-ring (bicyclic) bond motifs is 1. The number of nitrogens with zero attached hydrogens (tertiary/aromatic N) is 5. The van der Waals surface area contributed by atoms with E-state index in [1.54, 1.807) is 4.68 Å². The van der Waals surface area contributed by atoms with Gasteiger partial charge in [0.2, 0.25) is 5.91 Å². The lowest BCUT2D eigenvalue weighted by atomic mass is 10.1. The largest absolute Gasteiger partial charge is 0.326 e. The summed E-state index contributed by atoms with van der Waals surface area (Å²) >= 11 is 0. The van der Waals surface area contributed by atoms with Crippen LogP contribution in [0.3, 0.4) is 0 Å². The lowest BCUT2D eigenvalue weighted by Crippen LogP contribution is -2.05. The van der Waals surface area contributed by atoms with E-state index in [9.17, 15) is 4.79 Å². The van der Waals surface area contributed by atoms with Gasteiger partial charge in [-0.25, -0.2) is 9.67 Å². The van der Waals surface area contributed by atoms with Crippen molar-refractivity contribution in [1.82, 2.24) is 24.4 Å². The zero-order valence-corrected chi connectivity index (χ0v) is 13.6. The molecule has 4 aromatic rings. The number of aromatic nitrogens is 5. The third-order valence-electron chi connectivity index (χ3n) is 3.86. The first kappa shape index (κ1) is 15.1. The maximum atomic E-state index is 11.1. The fourth-order valence-electron chi connectivity index (χ4n) is 2.70. The number of hydrogen-bond donors (Lipinski definition) is 1. The highest BCUT2D eigenvalue weighted by Crippen LogP contribution is 2.19. The normalized spacial score (nSPS) is 10.9. The molecule has 124 valence electrons. The molecule has 1 N–H and O–H groups in total. The van der Waals surface area contributed by atoms with Crippen LogP contribution >= 0.6 is 0 Å². The van der Waals surface area contributed by atoms with Crippen LogP contribution in [0.1, 0.15) is 12.6 Å². The first-order valence-electron chi connectivity index (χ1n) is 7.88. The van der Waals surface area contributed by atoms with Gasteiger partial charge in [0, 0.05) is 24.4 Å². The molecule has 7 heteroatoms. The molecule has 4 rings (SSSR count). The van der Waals surface area contributed by atoms with E-state index >= 15 is 0 Å². The summed E-state index contributed by atoms with van der Waals surface area (Å²) in [6.07, 6.45) is 5.73. The Hall–Kier alpha value is -3.48. The second-order valence-electron chi connectivity index (χ2n) is 5.74. The van der Waals surface area contributed by atoms with Crippen molar-refractivity contribution in [1.29, 1.82) is 0 Å². The van der Waals surface area contributed by atoms with Crippen molar-refractivity contribution in [3.05, 3.63) is 66.7 Å². The van der Waals surface area contributed by atoms with E-state index < -0.39 is 0 Å². The molecule has 0 aliphatic heterocycles. The quantitative estimate of drug-likeness (QED) is 0.623. The Bertz CT molecular complexity index is 1030. The molecule has 3 aromatic heterocycles. The summed E-state index contributed by atoms with van der Waals surface area (Å²) in [7, 11) is 0. The van der Waals surface area contributed by atoms with Crippen LogP contribution in [-0.2, 0) is 11.3 Å². The summed E-state index contributed by atoms with van der Waals surface area (Å²) in [4.78, 5) is 15.5. The number of imidazole rings is 1. The van der Waals surface area contributed by atoms with Gasteiger partial charge in [-0.15, -0.1) is 5.10 Å². The number of pyridine rings is 1. The number of hydrogen-bond acceptors (Lipinski definition) is 4. The summed E-state index contributed by atoms with van der Waals surface area (Å²) in [5, 5.41) is 11.2. The Morgan fingerprint density at radius 1 is 1.16 bits per heavy atom. The number of anilines is 1. The molecule has 0 spiro atoms. The van der Waals surface area contributed by atoms with Crippen LogP contribution in [-0.4, -0.2) is 30.3 Å². The zero-order valence-electron chi connectivity index (χ0n) is 13.6. The molecule has 7 nitrogen and oxygen atoms in total. The van der Waals surface area contributed by atoms with Gasteiger partial charge < -0.3 is 9.72 Å². The monoisotopic (exact) mass is 332 g/mol. The van der Waals surface area contributed by atoms with Crippen molar-refractivity contribution in [3.8, 4) is 11.3 Å². The highest BCUT2D eigenvalue weighted by atomic mass is 16.1. The topological polar surface area (TPSA) is 77.1 Å².